The summed E-state index contributed by atoms with van der Waals surface area (Å²) in [6.07, 6.45) is 2.63. The van der Waals surface area contributed by atoms with Crippen LogP contribution in [0, 0.1) is 15.5 Å². The monoisotopic (exact) mass is 311 g/mol. The van der Waals surface area contributed by atoms with Crippen LogP contribution in [0.1, 0.15) is 33.1 Å². The summed E-state index contributed by atoms with van der Waals surface area (Å²) in [5.41, 5.74) is 5.45. The topological polar surface area (TPSA) is 102 Å². The van der Waals surface area contributed by atoms with E-state index < -0.39 is 0 Å². The fourth-order valence-electron chi connectivity index (χ4n) is 1.84. The van der Waals surface area contributed by atoms with Gasteiger partial charge in [0.2, 0.25) is 0 Å². The van der Waals surface area contributed by atoms with Crippen molar-refractivity contribution >= 4 is 23.3 Å². The van der Waals surface area contributed by atoms with Crippen molar-refractivity contribution in [2.75, 3.05) is 5.75 Å². The highest BCUT2D eigenvalue weighted by Crippen LogP contribution is 2.30. The van der Waals surface area contributed by atoms with Gasteiger partial charge in [-0.25, -0.2) is 0 Å². The molecule has 0 aromatic heterocycles. The van der Waals surface area contributed by atoms with Gasteiger partial charge in [0.05, 0.1) is 9.82 Å². The molecular weight excluding hydrogens is 290 g/mol. The Bertz CT molecular complexity index is 518. The van der Waals surface area contributed by atoms with Crippen molar-refractivity contribution in [1.29, 1.82) is 0 Å². The summed E-state index contributed by atoms with van der Waals surface area (Å²) in [5, 5.41) is 22.6. The van der Waals surface area contributed by atoms with Gasteiger partial charge < -0.3 is 10.9 Å². The maximum absolute atomic E-state index is 10.9. The minimum Gasteiger partial charge on any atom is -0.409 e. The van der Waals surface area contributed by atoms with Gasteiger partial charge in [-0.1, -0.05) is 37.6 Å². The summed E-state index contributed by atoms with van der Waals surface area (Å²) in [5.74, 6) is 1.03. The van der Waals surface area contributed by atoms with Crippen molar-refractivity contribution in [2.45, 2.75) is 38.0 Å². The van der Waals surface area contributed by atoms with Crippen LogP contribution in [0.4, 0.5) is 5.69 Å². The van der Waals surface area contributed by atoms with Gasteiger partial charge >= 0.3 is 0 Å². The van der Waals surface area contributed by atoms with Gasteiger partial charge in [-0.2, -0.15) is 0 Å². The molecule has 0 bridgehead atoms. The minimum absolute atomic E-state index is 0.152. The molecule has 0 fully saturated rings. The van der Waals surface area contributed by atoms with Crippen LogP contribution >= 0.6 is 11.8 Å². The average molecular weight is 311 g/mol. The molecule has 0 saturated heterocycles. The van der Waals surface area contributed by atoms with Gasteiger partial charge in [0.15, 0.2) is 0 Å². The second-order valence-electron chi connectivity index (χ2n) is 5.40. The molecule has 1 aromatic carbocycles. The average Bonchev–Trinajstić information content (AvgIpc) is 2.46. The number of nitrogens with zero attached hydrogens (tertiary/aromatic N) is 2. The highest BCUT2D eigenvalue weighted by Gasteiger charge is 2.22. The molecule has 0 aliphatic rings. The number of rotatable bonds is 8. The normalized spacial score (nSPS) is 12.4. The molecule has 0 amide bonds. The lowest BCUT2D eigenvalue weighted by molar-refractivity contribution is -0.387. The number of oxime groups is 1. The Morgan fingerprint density at radius 3 is 2.71 bits per heavy atom. The van der Waals surface area contributed by atoms with Crippen LogP contribution < -0.4 is 5.73 Å². The van der Waals surface area contributed by atoms with E-state index in [0.717, 1.165) is 25.0 Å². The van der Waals surface area contributed by atoms with E-state index in [2.05, 4.69) is 5.16 Å². The molecule has 0 aliphatic carbocycles. The van der Waals surface area contributed by atoms with Crippen LogP contribution in [0.25, 0.3) is 0 Å². The largest absolute Gasteiger partial charge is 0.409 e. The third-order valence-corrected chi connectivity index (χ3v) is 4.47. The molecular formula is C14H21N3O3S. The number of amidine groups is 1. The summed E-state index contributed by atoms with van der Waals surface area (Å²) >= 11 is 1.49. The van der Waals surface area contributed by atoms with E-state index >= 15 is 0 Å². The van der Waals surface area contributed by atoms with E-state index in [1.165, 1.54) is 17.8 Å². The molecule has 0 atom stereocenters. The van der Waals surface area contributed by atoms with Crippen LogP contribution in [0.2, 0.25) is 0 Å². The molecule has 0 aliphatic heterocycles. The predicted molar refractivity (Wildman–Crippen MR) is 84.9 cm³/mol. The van der Waals surface area contributed by atoms with E-state index in [4.69, 9.17) is 10.9 Å². The highest BCUT2D eigenvalue weighted by molar-refractivity contribution is 7.99. The first-order valence-corrected chi connectivity index (χ1v) is 7.71. The molecule has 1 aromatic rings. The van der Waals surface area contributed by atoms with E-state index in [1.54, 1.807) is 18.2 Å². The molecule has 0 unspecified atom stereocenters. The first-order valence-electron chi connectivity index (χ1n) is 6.72. The van der Waals surface area contributed by atoms with Crippen LogP contribution in [-0.2, 0) is 0 Å². The second kappa shape index (κ2) is 7.87. The van der Waals surface area contributed by atoms with E-state index in [-0.39, 0.29) is 21.9 Å². The molecule has 3 N–H and O–H groups in total. The van der Waals surface area contributed by atoms with E-state index in [9.17, 15) is 10.1 Å². The van der Waals surface area contributed by atoms with Crippen LogP contribution in [0.3, 0.4) is 0 Å². The van der Waals surface area contributed by atoms with Crippen molar-refractivity contribution in [1.82, 2.24) is 0 Å². The van der Waals surface area contributed by atoms with Crippen LogP contribution in [0.15, 0.2) is 34.3 Å². The van der Waals surface area contributed by atoms with Crippen molar-refractivity contribution in [2.24, 2.45) is 16.3 Å². The van der Waals surface area contributed by atoms with Crippen molar-refractivity contribution < 1.29 is 10.1 Å². The number of benzene rings is 1. The number of para-hydroxylation sites is 1. The third kappa shape index (κ3) is 5.26. The van der Waals surface area contributed by atoms with Crippen molar-refractivity contribution in [3.63, 3.8) is 0 Å². The third-order valence-electron chi connectivity index (χ3n) is 3.32. The van der Waals surface area contributed by atoms with Gasteiger partial charge in [0.1, 0.15) is 5.84 Å². The Balaban J connectivity index is 2.41. The van der Waals surface area contributed by atoms with E-state index in [0.29, 0.717) is 4.90 Å². The fourth-order valence-corrected chi connectivity index (χ4v) is 2.88. The Kier molecular flexibility index (Phi) is 6.48. The van der Waals surface area contributed by atoms with Gasteiger partial charge in [-0.15, -0.1) is 11.8 Å². The lowest BCUT2D eigenvalue weighted by atomic mass is 9.86. The second-order valence-corrected chi connectivity index (χ2v) is 6.54. The molecule has 1 rings (SSSR count). The fraction of sp³-hybridized carbons (Fsp3) is 0.500. The molecule has 0 radical (unpaired) electrons. The Hall–Kier alpha value is -1.76. The first-order chi connectivity index (χ1) is 9.88. The highest BCUT2D eigenvalue weighted by atomic mass is 32.2. The number of hydrogen-bond acceptors (Lipinski definition) is 5. The Labute approximate surface area is 128 Å². The van der Waals surface area contributed by atoms with Crippen LogP contribution in [0.5, 0.6) is 0 Å². The first kappa shape index (κ1) is 17.3. The SMILES string of the molecule is CC(C)(CCCCSc1ccccc1[N+](=O)[O-])/C(N)=N/O. The maximum Gasteiger partial charge on any atom is 0.282 e. The number of hydrogen-bond donors (Lipinski definition) is 2. The van der Waals surface area contributed by atoms with Crippen molar-refractivity contribution in [3.05, 3.63) is 34.4 Å². The lowest BCUT2D eigenvalue weighted by Gasteiger charge is -2.22. The zero-order valence-electron chi connectivity index (χ0n) is 12.3. The summed E-state index contributed by atoms with van der Waals surface area (Å²) in [4.78, 5) is 11.2. The van der Waals surface area contributed by atoms with Gasteiger partial charge in [-0.05, 0) is 24.7 Å². The van der Waals surface area contributed by atoms with Crippen LogP contribution in [-0.4, -0.2) is 21.7 Å². The number of nitro groups is 1. The van der Waals surface area contributed by atoms with Gasteiger partial charge in [-0.3, -0.25) is 10.1 Å². The number of thioether (sulfide) groups is 1. The molecule has 0 heterocycles. The summed E-state index contributed by atoms with van der Waals surface area (Å²) in [7, 11) is 0. The zero-order valence-corrected chi connectivity index (χ0v) is 13.1. The maximum atomic E-state index is 10.9. The predicted octanol–water partition coefficient (Wildman–Crippen LogP) is 3.63. The van der Waals surface area contributed by atoms with Crippen molar-refractivity contribution in [3.8, 4) is 0 Å². The number of nitro benzene ring substituents is 1. The molecule has 116 valence electrons. The quantitative estimate of drug-likeness (QED) is 0.145. The lowest BCUT2D eigenvalue weighted by Crippen LogP contribution is -2.31. The summed E-state index contributed by atoms with van der Waals surface area (Å²) < 4.78 is 0. The molecule has 0 spiro atoms. The molecule has 6 nitrogen and oxygen atoms in total. The summed E-state index contributed by atoms with van der Waals surface area (Å²) in [6, 6.07) is 6.76. The smallest absolute Gasteiger partial charge is 0.282 e. The Morgan fingerprint density at radius 2 is 2.10 bits per heavy atom. The molecule has 0 saturated carbocycles. The van der Waals surface area contributed by atoms with Gasteiger partial charge in [0.25, 0.3) is 5.69 Å². The number of nitrogens with two attached hydrogens (primary N) is 1. The number of unbranched alkanes of at least 4 members (excludes halogenated alkanes) is 1. The molecule has 21 heavy (non-hydrogen) atoms. The minimum atomic E-state index is -0.357. The Morgan fingerprint density at radius 1 is 1.43 bits per heavy atom. The summed E-state index contributed by atoms with van der Waals surface area (Å²) in [6.45, 7) is 3.86. The van der Waals surface area contributed by atoms with Gasteiger partial charge in [0, 0.05) is 11.5 Å². The molecule has 7 heteroatoms. The zero-order chi connectivity index (χ0) is 15.9. The standard InChI is InChI=1S/C14H21N3O3S/c1-14(2,13(15)16-18)9-5-6-10-21-12-8-4-3-7-11(12)17(19)20/h3-4,7-8,18H,5-6,9-10H2,1-2H3,(H2,15,16). The van der Waals surface area contributed by atoms with E-state index in [1.807, 2.05) is 13.8 Å².